The first-order valence-corrected chi connectivity index (χ1v) is 9.56. The molecule has 1 aromatic heterocycles. The van der Waals surface area contributed by atoms with Gasteiger partial charge in [0.1, 0.15) is 11.3 Å². The van der Waals surface area contributed by atoms with Gasteiger partial charge in [0.25, 0.3) is 5.91 Å². The molecule has 0 radical (unpaired) electrons. The van der Waals surface area contributed by atoms with E-state index >= 15 is 0 Å². The van der Waals surface area contributed by atoms with Crippen LogP contribution in [0.15, 0.2) is 27.4 Å². The summed E-state index contributed by atoms with van der Waals surface area (Å²) in [6, 6.07) is 5.12. The van der Waals surface area contributed by atoms with Crippen LogP contribution in [0.4, 0.5) is 0 Å². The van der Waals surface area contributed by atoms with E-state index in [9.17, 15) is 14.4 Å². The van der Waals surface area contributed by atoms with E-state index in [0.717, 1.165) is 17.4 Å². The van der Waals surface area contributed by atoms with Gasteiger partial charge in [-0.05, 0) is 50.8 Å². The van der Waals surface area contributed by atoms with Gasteiger partial charge in [-0.15, -0.1) is 0 Å². The normalized spacial score (nSPS) is 12.0. The maximum Gasteiger partial charge on any atom is 0.336 e. The number of carboxylic acids is 1. The molecule has 2 rings (SSSR count). The minimum Gasteiger partial charge on any atom is -0.481 e. The van der Waals surface area contributed by atoms with Crippen LogP contribution in [0.1, 0.15) is 50.7 Å². The highest BCUT2D eigenvalue weighted by atomic mass is 16.5. The molecule has 0 spiro atoms. The van der Waals surface area contributed by atoms with E-state index in [1.165, 1.54) is 6.07 Å². The molecule has 2 aromatic rings. The summed E-state index contributed by atoms with van der Waals surface area (Å²) in [7, 11) is 0. The molecule has 0 unspecified atom stereocenters. The zero-order valence-electron chi connectivity index (χ0n) is 16.5. The highest BCUT2D eigenvalue weighted by Gasteiger charge is 2.17. The Kier molecular flexibility index (Phi) is 7.61. The molecule has 1 amide bonds. The van der Waals surface area contributed by atoms with Crippen LogP contribution in [0.5, 0.6) is 5.75 Å². The summed E-state index contributed by atoms with van der Waals surface area (Å²) >= 11 is 0. The smallest absolute Gasteiger partial charge is 0.336 e. The van der Waals surface area contributed by atoms with Crippen molar-refractivity contribution in [2.75, 3.05) is 6.54 Å². The number of carbonyl (C=O) groups is 2. The van der Waals surface area contributed by atoms with Crippen molar-refractivity contribution in [2.24, 2.45) is 0 Å². The number of hydrogen-bond donors (Lipinski definition) is 2. The molecule has 1 heterocycles. The molecule has 1 aromatic carbocycles. The molecule has 7 heteroatoms. The minimum atomic E-state index is -0.807. The number of fused-ring (bicyclic) bond motifs is 1. The highest BCUT2D eigenvalue weighted by molar-refractivity contribution is 5.85. The fraction of sp³-hybridized carbons (Fsp3) is 0.476. The molecule has 0 aliphatic rings. The summed E-state index contributed by atoms with van der Waals surface area (Å²) in [4.78, 5) is 34.5. The van der Waals surface area contributed by atoms with E-state index in [1.54, 1.807) is 19.9 Å². The van der Waals surface area contributed by atoms with Crippen LogP contribution in [0.3, 0.4) is 0 Å². The number of nitrogens with one attached hydrogen (secondary N) is 1. The largest absolute Gasteiger partial charge is 0.481 e. The molecule has 0 aliphatic heterocycles. The van der Waals surface area contributed by atoms with Crippen molar-refractivity contribution in [2.45, 2.75) is 59.0 Å². The molecule has 152 valence electrons. The van der Waals surface area contributed by atoms with Gasteiger partial charge in [-0.1, -0.05) is 13.3 Å². The van der Waals surface area contributed by atoms with Crippen molar-refractivity contribution < 1.29 is 23.8 Å². The number of rotatable bonds is 10. The Balaban J connectivity index is 1.98. The van der Waals surface area contributed by atoms with Crippen LogP contribution in [-0.4, -0.2) is 29.6 Å². The highest BCUT2D eigenvalue weighted by Crippen LogP contribution is 2.29. The van der Waals surface area contributed by atoms with Crippen molar-refractivity contribution >= 4 is 22.8 Å². The molecule has 0 bridgehead atoms. The molecular weight excluding hydrogens is 362 g/mol. The monoisotopic (exact) mass is 389 g/mol. The van der Waals surface area contributed by atoms with Crippen molar-refractivity contribution in [3.63, 3.8) is 0 Å². The second-order valence-corrected chi connectivity index (χ2v) is 6.77. The third-order valence-corrected chi connectivity index (χ3v) is 4.62. The maximum absolute atomic E-state index is 12.2. The molecule has 7 nitrogen and oxygen atoms in total. The summed E-state index contributed by atoms with van der Waals surface area (Å²) in [5.74, 6) is -0.562. The first kappa shape index (κ1) is 21.5. The average molecular weight is 389 g/mol. The number of aliphatic carboxylic acids is 1. The van der Waals surface area contributed by atoms with Gasteiger partial charge in [0, 0.05) is 30.0 Å². The van der Waals surface area contributed by atoms with Gasteiger partial charge < -0.3 is 19.6 Å². The Hall–Kier alpha value is -2.83. The van der Waals surface area contributed by atoms with E-state index < -0.39 is 17.7 Å². The molecule has 0 saturated carbocycles. The number of carbonyl (C=O) groups excluding carboxylic acids is 1. The van der Waals surface area contributed by atoms with Gasteiger partial charge in [-0.2, -0.15) is 0 Å². The lowest BCUT2D eigenvalue weighted by Crippen LogP contribution is -2.36. The van der Waals surface area contributed by atoms with E-state index in [4.69, 9.17) is 14.3 Å². The Labute approximate surface area is 163 Å². The van der Waals surface area contributed by atoms with Gasteiger partial charge in [-0.3, -0.25) is 9.59 Å². The van der Waals surface area contributed by atoms with Gasteiger partial charge in [0.05, 0.1) is 0 Å². The van der Waals surface area contributed by atoms with E-state index in [1.807, 2.05) is 13.0 Å². The van der Waals surface area contributed by atoms with Gasteiger partial charge in [0.2, 0.25) is 0 Å². The first-order valence-electron chi connectivity index (χ1n) is 9.56. The fourth-order valence-corrected chi connectivity index (χ4v) is 3.01. The van der Waals surface area contributed by atoms with Crippen LogP contribution >= 0.6 is 0 Å². The van der Waals surface area contributed by atoms with Gasteiger partial charge >= 0.3 is 11.6 Å². The number of benzene rings is 1. The van der Waals surface area contributed by atoms with Gasteiger partial charge in [0.15, 0.2) is 6.10 Å². The van der Waals surface area contributed by atoms with Crippen LogP contribution in [0.25, 0.3) is 11.0 Å². The lowest BCUT2D eigenvalue weighted by atomic mass is 10.0. The lowest BCUT2D eigenvalue weighted by Gasteiger charge is -2.17. The topological polar surface area (TPSA) is 106 Å². The molecule has 2 N–H and O–H groups in total. The second-order valence-electron chi connectivity index (χ2n) is 6.77. The fourth-order valence-electron chi connectivity index (χ4n) is 3.01. The van der Waals surface area contributed by atoms with Crippen molar-refractivity contribution in [1.82, 2.24) is 5.32 Å². The quantitative estimate of drug-likeness (QED) is 0.477. The third-order valence-electron chi connectivity index (χ3n) is 4.62. The number of aryl methyl sites for hydroxylation is 2. The number of unbranched alkanes of at least 4 members (excludes halogenated alkanes) is 2. The Bertz CT molecular complexity index is 902. The zero-order chi connectivity index (χ0) is 20.7. The number of hydrogen-bond acceptors (Lipinski definition) is 5. The van der Waals surface area contributed by atoms with Crippen molar-refractivity contribution in [1.29, 1.82) is 0 Å². The summed E-state index contributed by atoms with van der Waals surface area (Å²) in [5.41, 5.74) is 1.67. The second kappa shape index (κ2) is 9.92. The van der Waals surface area contributed by atoms with Gasteiger partial charge in [-0.25, -0.2) is 4.79 Å². The lowest BCUT2D eigenvalue weighted by molar-refractivity contribution is -0.137. The van der Waals surface area contributed by atoms with Crippen LogP contribution in [0, 0.1) is 6.92 Å². The summed E-state index contributed by atoms with van der Waals surface area (Å²) in [5, 5.41) is 12.2. The van der Waals surface area contributed by atoms with Crippen molar-refractivity contribution in [3.05, 3.63) is 39.7 Å². The van der Waals surface area contributed by atoms with Crippen LogP contribution in [0.2, 0.25) is 0 Å². The molecule has 0 saturated heterocycles. The molecule has 1 atom stereocenters. The summed E-state index contributed by atoms with van der Waals surface area (Å²) in [6.07, 6.45) is 2.20. The average Bonchev–Trinajstić information content (AvgIpc) is 2.65. The van der Waals surface area contributed by atoms with E-state index in [0.29, 0.717) is 42.7 Å². The van der Waals surface area contributed by atoms with E-state index in [-0.39, 0.29) is 12.3 Å². The van der Waals surface area contributed by atoms with E-state index in [2.05, 4.69) is 5.32 Å². The molecule has 0 aliphatic carbocycles. The third kappa shape index (κ3) is 5.58. The molecule has 28 heavy (non-hydrogen) atoms. The zero-order valence-corrected chi connectivity index (χ0v) is 16.5. The number of amides is 1. The minimum absolute atomic E-state index is 0.143. The summed E-state index contributed by atoms with van der Waals surface area (Å²) < 4.78 is 11.1. The SMILES string of the molecule is CCc1cc(=O)oc2c(C)c(O[C@H](C)C(=O)NCCCCCC(=O)O)ccc12. The van der Waals surface area contributed by atoms with Crippen molar-refractivity contribution in [3.8, 4) is 5.75 Å². The van der Waals surface area contributed by atoms with Crippen LogP contribution < -0.4 is 15.7 Å². The standard InChI is InChI=1S/C21H27NO6/c1-4-15-12-19(25)28-20-13(2)17(10-9-16(15)20)27-14(3)21(26)22-11-7-5-6-8-18(23)24/h9-10,12,14H,4-8,11H2,1-3H3,(H,22,26)(H,23,24)/t14-/m1/s1. The Morgan fingerprint density at radius 3 is 2.68 bits per heavy atom. The maximum atomic E-state index is 12.2. The Morgan fingerprint density at radius 1 is 1.25 bits per heavy atom. The number of carboxylic acid groups (broad SMARTS) is 1. The molecular formula is C21H27NO6. The molecule has 0 fully saturated rings. The first-order chi connectivity index (χ1) is 13.3. The summed E-state index contributed by atoms with van der Waals surface area (Å²) in [6.45, 7) is 5.90. The predicted molar refractivity (Wildman–Crippen MR) is 106 cm³/mol. The van der Waals surface area contributed by atoms with Crippen LogP contribution in [-0.2, 0) is 16.0 Å². The predicted octanol–water partition coefficient (Wildman–Crippen LogP) is 3.19. The number of ether oxygens (including phenoxy) is 1. The Morgan fingerprint density at radius 2 is 2.00 bits per heavy atom.